The summed E-state index contributed by atoms with van der Waals surface area (Å²) in [6, 6.07) is 10.2. The minimum Gasteiger partial charge on any atom is -0.496 e. The van der Waals surface area contributed by atoms with Crippen LogP contribution in [0.3, 0.4) is 0 Å². The van der Waals surface area contributed by atoms with E-state index in [2.05, 4.69) is 0 Å². The van der Waals surface area contributed by atoms with Gasteiger partial charge in [-0.15, -0.1) is 0 Å². The van der Waals surface area contributed by atoms with Crippen LogP contribution in [0.25, 0.3) is 0 Å². The summed E-state index contributed by atoms with van der Waals surface area (Å²) in [5.41, 5.74) is 9.31. The molecule has 0 spiro atoms. The molecule has 2 N–H and O–H groups in total. The number of nitrogen functional groups attached to an aromatic ring is 1. The van der Waals surface area contributed by atoms with Crippen LogP contribution in [0.2, 0.25) is 0 Å². The summed E-state index contributed by atoms with van der Waals surface area (Å²) in [5.74, 6) is 0.325. The van der Waals surface area contributed by atoms with E-state index >= 15 is 0 Å². The quantitative estimate of drug-likeness (QED) is 0.811. The van der Waals surface area contributed by atoms with Gasteiger partial charge in [0, 0.05) is 18.5 Å². The Bertz CT molecular complexity index is 969. The normalized spacial score (nSPS) is 15.0. The van der Waals surface area contributed by atoms with Gasteiger partial charge in [0.1, 0.15) is 15.6 Å². The Balaban J connectivity index is 2.05. The van der Waals surface area contributed by atoms with Gasteiger partial charge >= 0.3 is 0 Å². The van der Waals surface area contributed by atoms with Gasteiger partial charge in [0.25, 0.3) is 5.91 Å². The lowest BCUT2D eigenvalue weighted by molar-refractivity contribution is 0.0719. The van der Waals surface area contributed by atoms with Crippen molar-refractivity contribution in [2.75, 3.05) is 24.9 Å². The summed E-state index contributed by atoms with van der Waals surface area (Å²) in [5, 5.41) is 0. The van der Waals surface area contributed by atoms with E-state index in [1.807, 2.05) is 19.1 Å². The lowest BCUT2D eigenvalue weighted by Crippen LogP contribution is -2.34. The van der Waals surface area contributed by atoms with Crippen LogP contribution in [0.15, 0.2) is 36.4 Å². The van der Waals surface area contributed by atoms with Crippen LogP contribution in [0, 0.1) is 6.92 Å². The molecular formula is C19H22N2O4S. The fraction of sp³-hybridized carbons (Fsp3) is 0.316. The third-order valence-electron chi connectivity index (χ3n) is 4.64. The van der Waals surface area contributed by atoms with Crippen LogP contribution in [0.5, 0.6) is 5.75 Å². The first kappa shape index (κ1) is 18.3. The van der Waals surface area contributed by atoms with Gasteiger partial charge in [-0.1, -0.05) is 24.3 Å². The number of nitrogens with zero attached hydrogens (tertiary/aromatic N) is 1. The van der Waals surface area contributed by atoms with Gasteiger partial charge in [0.05, 0.1) is 24.5 Å². The number of nitrogens with two attached hydrogens (primary N) is 1. The number of amides is 1. The highest BCUT2D eigenvalue weighted by Gasteiger charge is 2.36. The number of anilines is 1. The van der Waals surface area contributed by atoms with Crippen molar-refractivity contribution in [2.45, 2.75) is 19.5 Å². The van der Waals surface area contributed by atoms with Crippen molar-refractivity contribution in [1.29, 1.82) is 0 Å². The highest BCUT2D eigenvalue weighted by molar-refractivity contribution is 7.90. The molecule has 1 atom stereocenters. The Morgan fingerprint density at radius 2 is 2.00 bits per heavy atom. The molecule has 1 unspecified atom stereocenters. The second kappa shape index (κ2) is 6.64. The van der Waals surface area contributed by atoms with Crippen molar-refractivity contribution in [1.82, 2.24) is 4.90 Å². The summed E-state index contributed by atoms with van der Waals surface area (Å²) < 4.78 is 29.4. The second-order valence-electron chi connectivity index (χ2n) is 6.65. The topological polar surface area (TPSA) is 89.7 Å². The number of methoxy groups -OCH3 is 1. The third-order valence-corrected chi connectivity index (χ3v) is 5.56. The molecular weight excluding hydrogens is 352 g/mol. The summed E-state index contributed by atoms with van der Waals surface area (Å²) in [6.45, 7) is 2.23. The molecule has 1 aliphatic heterocycles. The highest BCUT2D eigenvalue weighted by Crippen LogP contribution is 2.35. The standard InChI is InChI=1S/C19H22N2O4S/c1-12-9-13(7-8-17(12)25-2)16(11-26(3,23)24)21-10-14-5-4-6-15(20)18(14)19(21)22/h4-9,16H,10-11,20H2,1-3H3. The maximum absolute atomic E-state index is 13.0. The molecule has 1 heterocycles. The molecule has 7 heteroatoms. The number of benzene rings is 2. The predicted molar refractivity (Wildman–Crippen MR) is 101 cm³/mol. The van der Waals surface area contributed by atoms with Gasteiger partial charge < -0.3 is 15.4 Å². The van der Waals surface area contributed by atoms with E-state index in [0.29, 0.717) is 23.5 Å². The first-order valence-corrected chi connectivity index (χ1v) is 10.3. The number of hydrogen-bond donors (Lipinski definition) is 1. The van der Waals surface area contributed by atoms with Gasteiger partial charge in [0.2, 0.25) is 0 Å². The average Bonchev–Trinajstić information content (AvgIpc) is 2.90. The molecule has 0 saturated carbocycles. The summed E-state index contributed by atoms with van der Waals surface area (Å²) in [7, 11) is -1.73. The molecule has 0 aliphatic carbocycles. The molecule has 2 aromatic carbocycles. The number of carbonyl (C=O) groups excluding carboxylic acids is 1. The lowest BCUT2D eigenvalue weighted by atomic mass is 10.0. The van der Waals surface area contributed by atoms with Gasteiger partial charge in [-0.25, -0.2) is 8.42 Å². The van der Waals surface area contributed by atoms with Crippen molar-refractivity contribution < 1.29 is 17.9 Å². The van der Waals surface area contributed by atoms with Crippen LogP contribution in [-0.2, 0) is 16.4 Å². The lowest BCUT2D eigenvalue weighted by Gasteiger charge is -2.28. The average molecular weight is 374 g/mol. The summed E-state index contributed by atoms with van der Waals surface area (Å²) >= 11 is 0. The van der Waals surface area contributed by atoms with Gasteiger partial charge in [-0.05, 0) is 35.7 Å². The van der Waals surface area contributed by atoms with Crippen LogP contribution in [-0.4, -0.2) is 38.3 Å². The zero-order valence-corrected chi connectivity index (χ0v) is 15.8. The molecule has 6 nitrogen and oxygen atoms in total. The SMILES string of the molecule is COc1ccc(C(CS(C)(=O)=O)N2Cc3cccc(N)c3C2=O)cc1C. The molecule has 2 aromatic rings. The molecule has 0 fully saturated rings. The minimum absolute atomic E-state index is 0.154. The smallest absolute Gasteiger partial charge is 0.257 e. The molecule has 1 aliphatic rings. The van der Waals surface area contributed by atoms with E-state index in [4.69, 9.17) is 10.5 Å². The van der Waals surface area contributed by atoms with Crippen LogP contribution in [0.1, 0.15) is 33.1 Å². The highest BCUT2D eigenvalue weighted by atomic mass is 32.2. The van der Waals surface area contributed by atoms with E-state index in [1.165, 1.54) is 6.26 Å². The van der Waals surface area contributed by atoms with Crippen LogP contribution < -0.4 is 10.5 Å². The van der Waals surface area contributed by atoms with E-state index in [0.717, 1.165) is 16.7 Å². The maximum atomic E-state index is 13.0. The van der Waals surface area contributed by atoms with Crippen molar-refractivity contribution in [2.24, 2.45) is 0 Å². The number of rotatable bonds is 5. The monoisotopic (exact) mass is 374 g/mol. The van der Waals surface area contributed by atoms with E-state index < -0.39 is 15.9 Å². The molecule has 26 heavy (non-hydrogen) atoms. The Kier molecular flexibility index (Phi) is 4.66. The number of carbonyl (C=O) groups is 1. The Morgan fingerprint density at radius 3 is 2.58 bits per heavy atom. The van der Waals surface area contributed by atoms with Gasteiger partial charge in [-0.2, -0.15) is 0 Å². The zero-order valence-electron chi connectivity index (χ0n) is 15.0. The number of sulfone groups is 1. The van der Waals surface area contributed by atoms with Crippen molar-refractivity contribution in [3.05, 3.63) is 58.7 Å². The zero-order chi connectivity index (χ0) is 19.1. The summed E-state index contributed by atoms with van der Waals surface area (Å²) in [6.07, 6.45) is 1.18. The number of fused-ring (bicyclic) bond motifs is 1. The van der Waals surface area contributed by atoms with Crippen LogP contribution >= 0.6 is 0 Å². The molecule has 0 radical (unpaired) electrons. The molecule has 0 bridgehead atoms. The van der Waals surface area contributed by atoms with E-state index in [9.17, 15) is 13.2 Å². The first-order valence-electron chi connectivity index (χ1n) is 8.22. The summed E-state index contributed by atoms with van der Waals surface area (Å²) in [4.78, 5) is 14.5. The molecule has 0 saturated heterocycles. The molecule has 3 rings (SSSR count). The molecule has 1 amide bonds. The minimum atomic E-state index is -3.31. The maximum Gasteiger partial charge on any atom is 0.257 e. The predicted octanol–water partition coefficient (Wildman–Crippen LogP) is 2.33. The van der Waals surface area contributed by atoms with E-state index in [-0.39, 0.29) is 11.7 Å². The van der Waals surface area contributed by atoms with Gasteiger partial charge in [0.15, 0.2) is 0 Å². The number of hydrogen-bond acceptors (Lipinski definition) is 5. The first-order chi connectivity index (χ1) is 12.2. The number of aryl methyl sites for hydroxylation is 1. The largest absolute Gasteiger partial charge is 0.496 e. The Morgan fingerprint density at radius 1 is 1.27 bits per heavy atom. The molecule has 0 aromatic heterocycles. The number of ether oxygens (including phenoxy) is 1. The van der Waals surface area contributed by atoms with E-state index in [1.54, 1.807) is 36.3 Å². The fourth-order valence-electron chi connectivity index (χ4n) is 3.43. The van der Waals surface area contributed by atoms with Crippen molar-refractivity contribution >= 4 is 21.4 Å². The Hall–Kier alpha value is -2.54. The second-order valence-corrected chi connectivity index (χ2v) is 8.84. The third kappa shape index (κ3) is 3.39. The fourth-order valence-corrected chi connectivity index (χ4v) is 4.37. The molecule has 138 valence electrons. The van der Waals surface area contributed by atoms with Crippen molar-refractivity contribution in [3.63, 3.8) is 0 Å². The Labute approximate surface area is 153 Å². The van der Waals surface area contributed by atoms with Gasteiger partial charge in [-0.3, -0.25) is 4.79 Å². The van der Waals surface area contributed by atoms with Crippen LogP contribution in [0.4, 0.5) is 5.69 Å². The van der Waals surface area contributed by atoms with Crippen molar-refractivity contribution in [3.8, 4) is 5.75 Å².